The molecular formula is C25H31N3O6S. The Labute approximate surface area is 206 Å². The third-order valence-corrected chi connectivity index (χ3v) is 7.65. The molecule has 0 bridgehead atoms. The zero-order valence-corrected chi connectivity index (χ0v) is 21.2. The molecule has 1 N–H and O–H groups in total. The summed E-state index contributed by atoms with van der Waals surface area (Å²) in [5.41, 5.74) is 0.872. The molecule has 9 nitrogen and oxygen atoms in total. The maximum absolute atomic E-state index is 13.3. The highest BCUT2D eigenvalue weighted by Gasteiger charge is 2.41. The Kier molecular flexibility index (Phi) is 8.16. The van der Waals surface area contributed by atoms with Crippen molar-refractivity contribution >= 4 is 27.7 Å². The predicted octanol–water partition coefficient (Wildman–Crippen LogP) is 2.42. The van der Waals surface area contributed by atoms with Crippen LogP contribution in [0.5, 0.6) is 5.75 Å². The standard InChI is InChI=1S/C25H31N3O6S/c1-17(2)15-26-24(30)18(3)27(16-19-9-11-20(34-4)12-10-19)23(29)13-14-28-25(31)21-7-5-6-8-22(21)35(28,32)33/h5-12,17-18H,13-16H2,1-4H3,(H,26,30)/t18-/m0/s1. The zero-order chi connectivity index (χ0) is 25.8. The summed E-state index contributed by atoms with van der Waals surface area (Å²) in [7, 11) is -2.46. The summed E-state index contributed by atoms with van der Waals surface area (Å²) in [6.45, 7) is 5.86. The van der Waals surface area contributed by atoms with Crippen LogP contribution < -0.4 is 10.1 Å². The third kappa shape index (κ3) is 5.82. The van der Waals surface area contributed by atoms with Crippen LogP contribution in [0.3, 0.4) is 0 Å². The van der Waals surface area contributed by atoms with Crippen LogP contribution in [0.15, 0.2) is 53.4 Å². The molecule has 0 spiro atoms. The molecular weight excluding hydrogens is 470 g/mol. The highest BCUT2D eigenvalue weighted by atomic mass is 32.2. The van der Waals surface area contributed by atoms with Crippen molar-refractivity contribution in [2.45, 2.75) is 44.7 Å². The molecule has 10 heteroatoms. The first kappa shape index (κ1) is 26.2. The first-order valence-electron chi connectivity index (χ1n) is 11.4. The van der Waals surface area contributed by atoms with E-state index < -0.39 is 27.9 Å². The number of methoxy groups -OCH3 is 1. The van der Waals surface area contributed by atoms with Crippen molar-refractivity contribution < 1.29 is 27.5 Å². The van der Waals surface area contributed by atoms with Crippen LogP contribution in [-0.2, 0) is 26.2 Å². The minimum absolute atomic E-state index is 0.0611. The molecule has 188 valence electrons. The summed E-state index contributed by atoms with van der Waals surface area (Å²) >= 11 is 0. The lowest BCUT2D eigenvalue weighted by molar-refractivity contribution is -0.140. The molecule has 1 aliphatic rings. The Morgan fingerprint density at radius 3 is 2.31 bits per heavy atom. The van der Waals surface area contributed by atoms with E-state index in [1.807, 2.05) is 13.8 Å². The number of rotatable bonds is 10. The summed E-state index contributed by atoms with van der Waals surface area (Å²) in [5, 5.41) is 2.84. The second-order valence-electron chi connectivity index (χ2n) is 8.81. The Morgan fingerprint density at radius 2 is 1.71 bits per heavy atom. The molecule has 0 aromatic heterocycles. The van der Waals surface area contributed by atoms with Gasteiger partial charge >= 0.3 is 0 Å². The van der Waals surface area contributed by atoms with E-state index in [0.29, 0.717) is 12.3 Å². The Hall–Kier alpha value is -3.40. The Bertz CT molecular complexity index is 1190. The van der Waals surface area contributed by atoms with Crippen molar-refractivity contribution in [3.8, 4) is 5.75 Å². The van der Waals surface area contributed by atoms with Crippen molar-refractivity contribution in [3.63, 3.8) is 0 Å². The fraction of sp³-hybridized carbons (Fsp3) is 0.400. The second kappa shape index (κ2) is 10.9. The fourth-order valence-electron chi connectivity index (χ4n) is 3.76. The number of nitrogens with zero attached hydrogens (tertiary/aromatic N) is 2. The number of benzene rings is 2. The maximum atomic E-state index is 13.3. The summed E-state index contributed by atoms with van der Waals surface area (Å²) in [6, 6.07) is 12.3. The van der Waals surface area contributed by atoms with Crippen LogP contribution >= 0.6 is 0 Å². The number of ether oxygens (including phenoxy) is 1. The lowest BCUT2D eigenvalue weighted by Crippen LogP contribution is -2.49. The van der Waals surface area contributed by atoms with Gasteiger partial charge in [-0.1, -0.05) is 38.1 Å². The normalized spacial score (nSPS) is 15.0. The van der Waals surface area contributed by atoms with E-state index in [1.165, 1.54) is 17.0 Å². The van der Waals surface area contributed by atoms with E-state index >= 15 is 0 Å². The molecule has 0 unspecified atom stereocenters. The van der Waals surface area contributed by atoms with Gasteiger partial charge in [-0.3, -0.25) is 14.4 Å². The first-order valence-corrected chi connectivity index (χ1v) is 12.9. The van der Waals surface area contributed by atoms with Gasteiger partial charge in [-0.25, -0.2) is 12.7 Å². The minimum Gasteiger partial charge on any atom is -0.497 e. The van der Waals surface area contributed by atoms with E-state index in [9.17, 15) is 22.8 Å². The van der Waals surface area contributed by atoms with Crippen molar-refractivity contribution in [1.82, 2.24) is 14.5 Å². The molecule has 0 aliphatic carbocycles. The summed E-state index contributed by atoms with van der Waals surface area (Å²) in [4.78, 5) is 40.1. The Balaban J connectivity index is 1.78. The van der Waals surface area contributed by atoms with Crippen LogP contribution in [0.1, 0.15) is 43.1 Å². The summed E-state index contributed by atoms with van der Waals surface area (Å²) in [5.74, 6) is -0.501. The van der Waals surface area contributed by atoms with Crippen molar-refractivity contribution in [3.05, 3.63) is 59.7 Å². The van der Waals surface area contributed by atoms with Gasteiger partial charge in [0.25, 0.3) is 15.9 Å². The van der Waals surface area contributed by atoms with Gasteiger partial charge in [0, 0.05) is 26.1 Å². The van der Waals surface area contributed by atoms with Gasteiger partial charge in [0.2, 0.25) is 11.8 Å². The van der Waals surface area contributed by atoms with Crippen LogP contribution in [0.2, 0.25) is 0 Å². The van der Waals surface area contributed by atoms with Crippen LogP contribution in [0.25, 0.3) is 0 Å². The number of carbonyl (C=O) groups is 3. The molecule has 1 heterocycles. The van der Waals surface area contributed by atoms with E-state index in [4.69, 9.17) is 4.74 Å². The monoisotopic (exact) mass is 501 g/mol. The molecule has 0 radical (unpaired) electrons. The number of hydrogen-bond acceptors (Lipinski definition) is 6. The highest BCUT2D eigenvalue weighted by molar-refractivity contribution is 7.90. The highest BCUT2D eigenvalue weighted by Crippen LogP contribution is 2.30. The lowest BCUT2D eigenvalue weighted by Gasteiger charge is -2.29. The molecule has 3 rings (SSSR count). The number of amides is 3. The number of nitrogens with one attached hydrogen (secondary N) is 1. The second-order valence-corrected chi connectivity index (χ2v) is 10.6. The molecule has 2 aromatic rings. The van der Waals surface area contributed by atoms with Crippen molar-refractivity contribution in [1.29, 1.82) is 0 Å². The Morgan fingerprint density at radius 1 is 1.06 bits per heavy atom. The average Bonchev–Trinajstić information content (AvgIpc) is 3.04. The fourth-order valence-corrected chi connectivity index (χ4v) is 5.33. The minimum atomic E-state index is -4.02. The molecule has 1 aliphatic heterocycles. The van der Waals surface area contributed by atoms with Crippen molar-refractivity contribution in [2.75, 3.05) is 20.2 Å². The van der Waals surface area contributed by atoms with Gasteiger partial charge in [0.1, 0.15) is 16.7 Å². The van der Waals surface area contributed by atoms with Gasteiger partial charge < -0.3 is 15.0 Å². The molecule has 35 heavy (non-hydrogen) atoms. The summed E-state index contributed by atoms with van der Waals surface area (Å²) < 4.78 is 31.5. The van der Waals surface area contributed by atoms with Gasteiger partial charge in [-0.15, -0.1) is 0 Å². The third-order valence-electron chi connectivity index (χ3n) is 5.80. The quantitative estimate of drug-likeness (QED) is 0.535. The molecule has 0 saturated carbocycles. The van der Waals surface area contributed by atoms with Crippen LogP contribution in [0.4, 0.5) is 0 Å². The topological polar surface area (TPSA) is 113 Å². The van der Waals surface area contributed by atoms with Gasteiger partial charge in [0.15, 0.2) is 0 Å². The number of fused-ring (bicyclic) bond motifs is 1. The van der Waals surface area contributed by atoms with E-state index in [1.54, 1.807) is 50.4 Å². The van der Waals surface area contributed by atoms with Gasteiger partial charge in [-0.2, -0.15) is 0 Å². The van der Waals surface area contributed by atoms with Crippen LogP contribution in [-0.4, -0.2) is 61.6 Å². The van der Waals surface area contributed by atoms with E-state index in [-0.39, 0.29) is 41.8 Å². The largest absolute Gasteiger partial charge is 0.497 e. The molecule has 0 fully saturated rings. The maximum Gasteiger partial charge on any atom is 0.269 e. The molecule has 2 aromatic carbocycles. The lowest BCUT2D eigenvalue weighted by atomic mass is 10.1. The summed E-state index contributed by atoms with van der Waals surface area (Å²) in [6.07, 6.45) is -0.253. The molecule has 3 amide bonds. The number of carbonyl (C=O) groups excluding carboxylic acids is 3. The number of sulfonamides is 1. The molecule has 0 saturated heterocycles. The van der Waals surface area contributed by atoms with Gasteiger partial charge in [0.05, 0.1) is 12.7 Å². The smallest absolute Gasteiger partial charge is 0.269 e. The molecule has 1 atom stereocenters. The SMILES string of the molecule is COc1ccc(CN(C(=O)CCN2C(=O)c3ccccc3S2(=O)=O)[C@@H](C)C(=O)NCC(C)C)cc1. The zero-order valence-electron chi connectivity index (χ0n) is 20.4. The van der Waals surface area contributed by atoms with E-state index in [2.05, 4.69) is 5.32 Å². The van der Waals surface area contributed by atoms with Crippen LogP contribution in [0, 0.1) is 5.92 Å². The number of hydrogen-bond donors (Lipinski definition) is 1. The van der Waals surface area contributed by atoms with Crippen molar-refractivity contribution in [2.24, 2.45) is 5.92 Å². The van der Waals surface area contributed by atoms with Gasteiger partial charge in [-0.05, 0) is 42.7 Å². The average molecular weight is 502 g/mol. The first-order chi connectivity index (χ1) is 16.6. The van der Waals surface area contributed by atoms with E-state index in [0.717, 1.165) is 9.87 Å². The predicted molar refractivity (Wildman–Crippen MR) is 130 cm³/mol.